The first-order chi connectivity index (χ1) is 15.3. The summed E-state index contributed by atoms with van der Waals surface area (Å²) >= 11 is 0. The molecule has 0 aliphatic heterocycles. The molecule has 5 heteroatoms. The molecule has 0 atom stereocenters. The van der Waals surface area contributed by atoms with E-state index in [0.717, 1.165) is 23.6 Å². The lowest BCUT2D eigenvalue weighted by Gasteiger charge is -2.29. The zero-order valence-electron chi connectivity index (χ0n) is 18.8. The molecule has 1 aliphatic rings. The van der Waals surface area contributed by atoms with Gasteiger partial charge in [0.2, 0.25) is 0 Å². The minimum absolute atomic E-state index is 0.191. The van der Waals surface area contributed by atoms with Crippen LogP contribution < -0.4 is 0 Å². The lowest BCUT2D eigenvalue weighted by atomic mass is 9.77. The third-order valence-electron chi connectivity index (χ3n) is 6.81. The Labute approximate surface area is 188 Å². The van der Waals surface area contributed by atoms with Crippen LogP contribution in [0, 0.1) is 17.6 Å². The first-order valence-corrected chi connectivity index (χ1v) is 11.9. The van der Waals surface area contributed by atoms with E-state index in [1.807, 2.05) is 12.1 Å². The van der Waals surface area contributed by atoms with Crippen molar-refractivity contribution in [3.63, 3.8) is 0 Å². The van der Waals surface area contributed by atoms with Crippen molar-refractivity contribution >= 4 is 0 Å². The average Bonchev–Trinajstić information content (AvgIpc) is 2.73. The van der Waals surface area contributed by atoms with Crippen molar-refractivity contribution in [1.82, 2.24) is 0 Å². The largest absolute Gasteiger partial charge is 0.422 e. The van der Waals surface area contributed by atoms with E-state index in [1.54, 1.807) is 0 Å². The van der Waals surface area contributed by atoms with Crippen LogP contribution in [-0.2, 0) is 12.6 Å². The van der Waals surface area contributed by atoms with Crippen LogP contribution in [-0.4, -0.2) is 0 Å². The third kappa shape index (κ3) is 6.79. The van der Waals surface area contributed by atoms with Crippen LogP contribution in [0.25, 0.3) is 0 Å². The summed E-state index contributed by atoms with van der Waals surface area (Å²) in [5, 5.41) is 0. The highest BCUT2D eigenvalue weighted by Crippen LogP contribution is 2.38. The van der Waals surface area contributed by atoms with Crippen molar-refractivity contribution in [2.24, 2.45) is 5.92 Å². The molecule has 0 heterocycles. The molecule has 1 saturated carbocycles. The Morgan fingerprint density at radius 2 is 1.38 bits per heavy atom. The van der Waals surface area contributed by atoms with Gasteiger partial charge in [-0.1, -0.05) is 69.7 Å². The maximum Gasteiger partial charge on any atom is 0.422 e. The summed E-state index contributed by atoms with van der Waals surface area (Å²) in [4.78, 5) is 0. The van der Waals surface area contributed by atoms with E-state index in [0.29, 0.717) is 5.92 Å². The molecule has 32 heavy (non-hydrogen) atoms. The highest BCUT2D eigenvalue weighted by molar-refractivity contribution is 5.34. The molecule has 2 aromatic rings. The second-order valence-corrected chi connectivity index (χ2v) is 9.27. The van der Waals surface area contributed by atoms with E-state index in [-0.39, 0.29) is 12.0 Å². The van der Waals surface area contributed by atoms with E-state index >= 15 is 0 Å². The second-order valence-electron chi connectivity index (χ2n) is 9.27. The van der Waals surface area contributed by atoms with E-state index in [9.17, 15) is 22.0 Å². The molecule has 0 nitrogen and oxygen atoms in total. The van der Waals surface area contributed by atoms with Crippen LogP contribution in [0.15, 0.2) is 36.4 Å². The summed E-state index contributed by atoms with van der Waals surface area (Å²) in [6, 6.07) is 9.52. The molecule has 0 spiro atoms. The molecule has 3 rings (SSSR count). The maximum absolute atomic E-state index is 13.8. The highest BCUT2D eigenvalue weighted by Gasteiger charge is 2.37. The van der Waals surface area contributed by atoms with Gasteiger partial charge in [-0.25, -0.2) is 8.78 Å². The SMILES string of the molecule is CCCCCCCC1CCC(c2ccc(Cc3cc(F)c(C(F)(F)F)c(F)c3)cc2)CC1. The maximum atomic E-state index is 13.8. The fraction of sp³-hybridized carbons (Fsp3) is 0.556. The normalized spacial score (nSPS) is 19.3. The van der Waals surface area contributed by atoms with Crippen molar-refractivity contribution in [3.8, 4) is 0 Å². The number of alkyl halides is 3. The van der Waals surface area contributed by atoms with Gasteiger partial charge in [-0.3, -0.25) is 0 Å². The van der Waals surface area contributed by atoms with Crippen molar-refractivity contribution < 1.29 is 22.0 Å². The van der Waals surface area contributed by atoms with E-state index in [2.05, 4.69) is 19.1 Å². The van der Waals surface area contributed by atoms with Gasteiger partial charge < -0.3 is 0 Å². The minimum atomic E-state index is -5.04. The minimum Gasteiger partial charge on any atom is -0.206 e. The number of unbranched alkanes of at least 4 members (excludes halogenated alkanes) is 4. The number of halogens is 5. The lowest BCUT2D eigenvalue weighted by molar-refractivity contribution is -0.142. The second kappa shape index (κ2) is 11.3. The molecule has 0 bridgehead atoms. The molecule has 0 N–H and O–H groups in total. The highest BCUT2D eigenvalue weighted by atomic mass is 19.4. The van der Waals surface area contributed by atoms with Gasteiger partial charge in [-0.05, 0) is 72.8 Å². The number of hydrogen-bond donors (Lipinski definition) is 0. The molecule has 0 amide bonds. The Bertz CT molecular complexity index is 822. The Morgan fingerprint density at radius 1 is 0.781 bits per heavy atom. The molecule has 0 saturated heterocycles. The summed E-state index contributed by atoms with van der Waals surface area (Å²) < 4.78 is 65.9. The predicted molar refractivity (Wildman–Crippen MR) is 119 cm³/mol. The van der Waals surface area contributed by atoms with Gasteiger partial charge in [0.25, 0.3) is 0 Å². The van der Waals surface area contributed by atoms with Crippen LogP contribution in [0.3, 0.4) is 0 Å². The Morgan fingerprint density at radius 3 is 1.94 bits per heavy atom. The van der Waals surface area contributed by atoms with Gasteiger partial charge in [-0.2, -0.15) is 13.2 Å². The van der Waals surface area contributed by atoms with E-state index in [1.165, 1.54) is 69.8 Å². The van der Waals surface area contributed by atoms with Gasteiger partial charge in [0, 0.05) is 0 Å². The van der Waals surface area contributed by atoms with E-state index < -0.39 is 23.4 Å². The fourth-order valence-electron chi connectivity index (χ4n) is 4.96. The van der Waals surface area contributed by atoms with Gasteiger partial charge in [0.1, 0.15) is 17.2 Å². The molecule has 2 aromatic carbocycles. The van der Waals surface area contributed by atoms with Crippen molar-refractivity contribution in [2.45, 2.75) is 89.6 Å². The Hall–Kier alpha value is -1.91. The first-order valence-electron chi connectivity index (χ1n) is 11.9. The Kier molecular flexibility index (Phi) is 8.72. The number of rotatable bonds is 9. The van der Waals surface area contributed by atoms with Crippen LogP contribution in [0.2, 0.25) is 0 Å². The molecule has 1 aliphatic carbocycles. The standard InChI is InChI=1S/C27H33F5/c1-2-3-4-5-6-7-19-8-12-22(13-9-19)23-14-10-20(11-15-23)16-21-17-24(28)26(25(29)18-21)27(30,31)32/h10-11,14-15,17-19,22H,2-9,12-13,16H2,1H3. The summed E-state index contributed by atoms with van der Waals surface area (Å²) in [5.41, 5.74) is 0.473. The summed E-state index contributed by atoms with van der Waals surface area (Å²) in [7, 11) is 0. The van der Waals surface area contributed by atoms with Gasteiger partial charge in [0.05, 0.1) is 0 Å². The van der Waals surface area contributed by atoms with Gasteiger partial charge in [-0.15, -0.1) is 0 Å². The average molecular weight is 453 g/mol. The summed E-state index contributed by atoms with van der Waals surface area (Å²) in [6.45, 7) is 2.24. The molecular weight excluding hydrogens is 419 g/mol. The number of benzene rings is 2. The molecule has 176 valence electrons. The van der Waals surface area contributed by atoms with Crippen LogP contribution >= 0.6 is 0 Å². The lowest BCUT2D eigenvalue weighted by Crippen LogP contribution is -2.13. The first kappa shape index (κ1) is 24.7. The molecule has 1 fully saturated rings. The van der Waals surface area contributed by atoms with Gasteiger partial charge in [0.15, 0.2) is 0 Å². The molecule has 0 radical (unpaired) electrons. The van der Waals surface area contributed by atoms with Crippen LogP contribution in [0.4, 0.5) is 22.0 Å². The van der Waals surface area contributed by atoms with E-state index in [4.69, 9.17) is 0 Å². The zero-order valence-corrected chi connectivity index (χ0v) is 18.8. The van der Waals surface area contributed by atoms with Crippen molar-refractivity contribution in [1.29, 1.82) is 0 Å². The number of hydrogen-bond acceptors (Lipinski definition) is 0. The molecular formula is C27H33F5. The fourth-order valence-corrected chi connectivity index (χ4v) is 4.96. The van der Waals surface area contributed by atoms with Crippen LogP contribution in [0.5, 0.6) is 0 Å². The zero-order chi connectivity index (χ0) is 23.1. The Balaban J connectivity index is 1.52. The smallest absolute Gasteiger partial charge is 0.206 e. The molecule has 0 aromatic heterocycles. The topological polar surface area (TPSA) is 0 Å². The predicted octanol–water partition coefficient (Wildman–Crippen LogP) is 9.21. The van der Waals surface area contributed by atoms with Crippen molar-refractivity contribution in [2.75, 3.05) is 0 Å². The van der Waals surface area contributed by atoms with Gasteiger partial charge >= 0.3 is 6.18 Å². The van der Waals surface area contributed by atoms with Crippen LogP contribution in [0.1, 0.15) is 99.3 Å². The quantitative estimate of drug-likeness (QED) is 0.263. The molecule has 0 unspecified atom stereocenters. The monoisotopic (exact) mass is 452 g/mol. The summed E-state index contributed by atoms with van der Waals surface area (Å²) in [5.74, 6) is -1.74. The summed E-state index contributed by atoms with van der Waals surface area (Å²) in [6.07, 6.45) is 8.07. The third-order valence-corrected chi connectivity index (χ3v) is 6.81. The van der Waals surface area contributed by atoms with Crippen molar-refractivity contribution in [3.05, 3.63) is 70.3 Å².